The normalized spacial score (nSPS) is 10.6. The minimum atomic E-state index is 0.0768. The maximum Gasteiger partial charge on any atom is 0.129 e. The lowest BCUT2D eigenvalue weighted by molar-refractivity contribution is 0.304. The molecule has 4 nitrogen and oxygen atoms in total. The maximum absolute atomic E-state index is 8.97. The Morgan fingerprint density at radius 1 is 1.44 bits per heavy atom. The average Bonchev–Trinajstić information content (AvgIpc) is 2.37. The summed E-state index contributed by atoms with van der Waals surface area (Å²) in [6.45, 7) is 0.593. The molecule has 0 bridgehead atoms. The summed E-state index contributed by atoms with van der Waals surface area (Å²) in [4.78, 5) is 6.76. The highest BCUT2D eigenvalue weighted by atomic mass is 32.1. The molecule has 3 N–H and O–H groups in total. The fourth-order valence-electron chi connectivity index (χ4n) is 1.83. The highest BCUT2D eigenvalue weighted by molar-refractivity contribution is 7.80. The average molecular weight is 261 g/mol. The van der Waals surface area contributed by atoms with E-state index in [0.717, 1.165) is 22.3 Å². The van der Waals surface area contributed by atoms with Gasteiger partial charge >= 0.3 is 0 Å². The standard InChI is InChI=1S/C13H15N3OS/c1-16(6-7-17)12-8-10(13(14)18)9-4-2-3-5-11(9)15-12/h2-5,8,17H,6-7H2,1H3,(H2,14,18). The second-order valence-corrected chi connectivity index (χ2v) is 4.49. The van der Waals surface area contributed by atoms with Crippen LogP contribution < -0.4 is 10.6 Å². The molecule has 0 aliphatic carbocycles. The monoisotopic (exact) mass is 261 g/mol. The van der Waals surface area contributed by atoms with Crippen LogP contribution in [0.15, 0.2) is 30.3 Å². The Morgan fingerprint density at radius 3 is 2.83 bits per heavy atom. The van der Waals surface area contributed by atoms with Gasteiger partial charge in [-0.15, -0.1) is 0 Å². The summed E-state index contributed by atoms with van der Waals surface area (Å²) < 4.78 is 0. The van der Waals surface area contributed by atoms with Crippen LogP contribution in [0.4, 0.5) is 5.82 Å². The first kappa shape index (κ1) is 12.7. The Balaban J connectivity index is 2.60. The molecular formula is C13H15N3OS. The van der Waals surface area contributed by atoms with Gasteiger partial charge in [-0.3, -0.25) is 0 Å². The smallest absolute Gasteiger partial charge is 0.129 e. The number of aliphatic hydroxyl groups excluding tert-OH is 1. The zero-order chi connectivity index (χ0) is 13.1. The van der Waals surface area contributed by atoms with E-state index in [1.807, 2.05) is 42.3 Å². The molecule has 1 heterocycles. The third-order valence-electron chi connectivity index (χ3n) is 2.79. The van der Waals surface area contributed by atoms with Crippen LogP contribution in [0, 0.1) is 0 Å². The zero-order valence-corrected chi connectivity index (χ0v) is 10.9. The van der Waals surface area contributed by atoms with E-state index in [2.05, 4.69) is 4.98 Å². The van der Waals surface area contributed by atoms with Crippen LogP contribution in [0.5, 0.6) is 0 Å². The topological polar surface area (TPSA) is 62.4 Å². The number of hydrogen-bond donors (Lipinski definition) is 2. The Labute approximate surface area is 111 Å². The number of anilines is 1. The number of likely N-dealkylation sites (N-methyl/N-ethyl adjacent to an activating group) is 1. The number of rotatable bonds is 4. The van der Waals surface area contributed by atoms with E-state index in [0.29, 0.717) is 11.5 Å². The fraction of sp³-hybridized carbons (Fsp3) is 0.231. The number of aromatic nitrogens is 1. The van der Waals surface area contributed by atoms with E-state index in [4.69, 9.17) is 23.1 Å². The van der Waals surface area contributed by atoms with E-state index in [1.54, 1.807) is 0 Å². The summed E-state index contributed by atoms with van der Waals surface area (Å²) in [5, 5.41) is 9.92. The van der Waals surface area contributed by atoms with Crippen molar-refractivity contribution in [3.63, 3.8) is 0 Å². The summed E-state index contributed by atoms with van der Waals surface area (Å²) >= 11 is 5.08. The first-order valence-corrected chi connectivity index (χ1v) is 6.06. The van der Waals surface area contributed by atoms with Crippen LogP contribution in [0.1, 0.15) is 5.56 Å². The van der Waals surface area contributed by atoms with Crippen molar-refractivity contribution in [1.82, 2.24) is 4.98 Å². The molecule has 0 spiro atoms. The maximum atomic E-state index is 8.97. The van der Waals surface area contributed by atoms with Crippen LogP contribution in [0.3, 0.4) is 0 Å². The molecule has 2 aromatic rings. The number of nitrogens with zero attached hydrogens (tertiary/aromatic N) is 2. The number of thiocarbonyl (C=S) groups is 1. The predicted octanol–water partition coefficient (Wildman–Crippen LogP) is 1.30. The number of benzene rings is 1. The van der Waals surface area contributed by atoms with Gasteiger partial charge in [0.1, 0.15) is 10.8 Å². The van der Waals surface area contributed by atoms with E-state index >= 15 is 0 Å². The number of fused-ring (bicyclic) bond motifs is 1. The lowest BCUT2D eigenvalue weighted by atomic mass is 10.1. The van der Waals surface area contributed by atoms with Gasteiger partial charge in [-0.25, -0.2) is 4.98 Å². The minimum absolute atomic E-state index is 0.0768. The van der Waals surface area contributed by atoms with Crippen molar-refractivity contribution in [3.05, 3.63) is 35.9 Å². The summed E-state index contributed by atoms with van der Waals surface area (Å²) in [7, 11) is 1.87. The van der Waals surface area contributed by atoms with Gasteiger partial charge in [-0.1, -0.05) is 30.4 Å². The molecular weight excluding hydrogens is 246 g/mol. The Bertz CT molecular complexity index is 585. The number of nitrogens with two attached hydrogens (primary N) is 1. The van der Waals surface area contributed by atoms with Gasteiger partial charge in [0.25, 0.3) is 0 Å². The van der Waals surface area contributed by atoms with Gasteiger partial charge in [0.2, 0.25) is 0 Å². The Hall–Kier alpha value is -1.72. The number of pyridine rings is 1. The predicted molar refractivity (Wildman–Crippen MR) is 78.0 cm³/mol. The summed E-state index contributed by atoms with van der Waals surface area (Å²) in [5.41, 5.74) is 7.42. The molecule has 94 valence electrons. The quantitative estimate of drug-likeness (QED) is 0.812. The van der Waals surface area contributed by atoms with Crippen molar-refractivity contribution >= 4 is 33.9 Å². The molecule has 1 aromatic heterocycles. The zero-order valence-electron chi connectivity index (χ0n) is 10.1. The van der Waals surface area contributed by atoms with Gasteiger partial charge in [0, 0.05) is 24.5 Å². The third kappa shape index (κ3) is 2.42. The molecule has 2 rings (SSSR count). The molecule has 1 aromatic carbocycles. The van der Waals surface area contributed by atoms with Crippen LogP contribution in [0.2, 0.25) is 0 Å². The van der Waals surface area contributed by atoms with Crippen molar-refractivity contribution in [2.24, 2.45) is 5.73 Å². The fourth-order valence-corrected chi connectivity index (χ4v) is 1.99. The molecule has 18 heavy (non-hydrogen) atoms. The Kier molecular flexibility index (Phi) is 3.74. The second kappa shape index (κ2) is 5.29. The molecule has 0 fully saturated rings. The lowest BCUT2D eigenvalue weighted by Crippen LogP contribution is -2.23. The van der Waals surface area contributed by atoms with Gasteiger partial charge in [0.15, 0.2) is 0 Å². The summed E-state index contributed by atoms with van der Waals surface area (Å²) in [5.74, 6) is 0.755. The van der Waals surface area contributed by atoms with Gasteiger partial charge in [-0.2, -0.15) is 0 Å². The Morgan fingerprint density at radius 2 is 2.17 bits per heavy atom. The molecule has 0 aliphatic rings. The summed E-state index contributed by atoms with van der Waals surface area (Å²) in [6.07, 6.45) is 0. The lowest BCUT2D eigenvalue weighted by Gasteiger charge is -2.18. The molecule has 0 aliphatic heterocycles. The van der Waals surface area contributed by atoms with Crippen molar-refractivity contribution in [2.45, 2.75) is 0 Å². The van der Waals surface area contributed by atoms with Crippen LogP contribution in [0.25, 0.3) is 10.9 Å². The summed E-state index contributed by atoms with van der Waals surface area (Å²) in [6, 6.07) is 9.60. The third-order valence-corrected chi connectivity index (χ3v) is 3.01. The van der Waals surface area contributed by atoms with E-state index < -0.39 is 0 Å². The number of aliphatic hydroxyl groups is 1. The number of para-hydroxylation sites is 1. The highest BCUT2D eigenvalue weighted by Crippen LogP contribution is 2.22. The second-order valence-electron chi connectivity index (χ2n) is 4.05. The molecule has 5 heteroatoms. The first-order valence-electron chi connectivity index (χ1n) is 5.65. The molecule has 0 unspecified atom stereocenters. The number of hydrogen-bond acceptors (Lipinski definition) is 4. The molecule has 0 radical (unpaired) electrons. The van der Waals surface area contributed by atoms with E-state index in [9.17, 15) is 0 Å². The molecule has 0 amide bonds. The molecule has 0 saturated heterocycles. The van der Waals surface area contributed by atoms with E-state index in [-0.39, 0.29) is 6.61 Å². The van der Waals surface area contributed by atoms with E-state index in [1.165, 1.54) is 0 Å². The first-order chi connectivity index (χ1) is 8.63. The van der Waals surface area contributed by atoms with Gasteiger partial charge in [0.05, 0.1) is 12.1 Å². The molecule has 0 saturated carbocycles. The van der Waals surface area contributed by atoms with Crippen LogP contribution >= 0.6 is 12.2 Å². The van der Waals surface area contributed by atoms with Crippen molar-refractivity contribution in [2.75, 3.05) is 25.1 Å². The molecule has 0 atom stereocenters. The van der Waals surface area contributed by atoms with Gasteiger partial charge in [-0.05, 0) is 12.1 Å². The highest BCUT2D eigenvalue weighted by Gasteiger charge is 2.10. The largest absolute Gasteiger partial charge is 0.395 e. The van der Waals surface area contributed by atoms with Crippen LogP contribution in [-0.2, 0) is 0 Å². The SMILES string of the molecule is CN(CCO)c1cc(C(N)=S)c2ccccc2n1. The van der Waals surface area contributed by atoms with Crippen molar-refractivity contribution in [1.29, 1.82) is 0 Å². The van der Waals surface area contributed by atoms with Gasteiger partial charge < -0.3 is 15.7 Å². The van der Waals surface area contributed by atoms with Crippen molar-refractivity contribution < 1.29 is 5.11 Å². The van der Waals surface area contributed by atoms with Crippen LogP contribution in [-0.4, -0.2) is 35.3 Å². The van der Waals surface area contributed by atoms with Crippen molar-refractivity contribution in [3.8, 4) is 0 Å². The minimum Gasteiger partial charge on any atom is -0.395 e.